The number of hydrogen-bond acceptors (Lipinski definition) is 8. The Labute approximate surface area is 243 Å². The highest BCUT2D eigenvalue weighted by Gasteiger charge is 2.29. The average molecular weight is 576 g/mol. The van der Waals surface area contributed by atoms with Crippen molar-refractivity contribution >= 4 is 17.3 Å². The molecule has 4 aromatic rings. The lowest BCUT2D eigenvalue weighted by Gasteiger charge is -2.34. The average Bonchev–Trinajstić information content (AvgIpc) is 3.48. The number of carbonyl (C=O) groups is 1. The van der Waals surface area contributed by atoms with Gasteiger partial charge in [-0.1, -0.05) is 31.2 Å². The van der Waals surface area contributed by atoms with Gasteiger partial charge in [0.25, 0.3) is 5.92 Å². The molecule has 0 atom stereocenters. The maximum Gasteiger partial charge on any atom is 0.270 e. The molecule has 9 nitrogen and oxygen atoms in total. The van der Waals surface area contributed by atoms with Crippen LogP contribution in [0.3, 0.4) is 0 Å². The quantitative estimate of drug-likeness (QED) is 0.219. The monoisotopic (exact) mass is 575 g/mol. The van der Waals surface area contributed by atoms with Crippen molar-refractivity contribution in [2.24, 2.45) is 0 Å². The third kappa shape index (κ3) is 7.34. The van der Waals surface area contributed by atoms with E-state index in [-0.39, 0.29) is 17.8 Å². The second kappa shape index (κ2) is 12.7. The Morgan fingerprint density at radius 3 is 2.57 bits per heavy atom. The number of aromatic amines is 1. The smallest absolute Gasteiger partial charge is 0.270 e. The third-order valence-corrected chi connectivity index (χ3v) is 7.46. The molecule has 220 valence electrons. The number of rotatable bonds is 11. The van der Waals surface area contributed by atoms with Gasteiger partial charge in [-0.2, -0.15) is 5.10 Å². The fourth-order valence-electron chi connectivity index (χ4n) is 5.00. The summed E-state index contributed by atoms with van der Waals surface area (Å²) >= 11 is 0. The number of Topliss-reactive ketones (excluding diaryl/α,β-unsaturated/α-hetero) is 1. The van der Waals surface area contributed by atoms with Crippen LogP contribution < -0.4 is 10.1 Å². The number of likely N-dealkylation sites (N-methyl/N-ethyl adjacent to an activating group) is 1. The number of nitrogens with zero attached hydrogens (tertiary/aromatic N) is 5. The molecule has 0 amide bonds. The minimum absolute atomic E-state index is 0.00664. The summed E-state index contributed by atoms with van der Waals surface area (Å²) in [4.78, 5) is 26.2. The summed E-state index contributed by atoms with van der Waals surface area (Å²) in [6.07, 6.45) is 4.68. The van der Waals surface area contributed by atoms with E-state index in [4.69, 9.17) is 4.74 Å². The summed E-state index contributed by atoms with van der Waals surface area (Å²) in [6, 6.07) is 11.8. The van der Waals surface area contributed by atoms with E-state index >= 15 is 0 Å². The van der Waals surface area contributed by atoms with E-state index in [1.54, 1.807) is 48.8 Å². The van der Waals surface area contributed by atoms with Gasteiger partial charge in [-0.05, 0) is 42.3 Å². The second-order valence-corrected chi connectivity index (χ2v) is 10.6. The van der Waals surface area contributed by atoms with Gasteiger partial charge in [0, 0.05) is 69.5 Å². The molecule has 0 aliphatic carbocycles. The normalized spacial score (nSPS) is 14.6. The van der Waals surface area contributed by atoms with E-state index in [1.165, 1.54) is 12.4 Å². The molecule has 1 aliphatic heterocycles. The van der Waals surface area contributed by atoms with Gasteiger partial charge in [0.05, 0.1) is 11.9 Å². The van der Waals surface area contributed by atoms with Crippen LogP contribution in [0.4, 0.5) is 20.3 Å². The van der Waals surface area contributed by atoms with Gasteiger partial charge in [-0.25, -0.2) is 18.7 Å². The van der Waals surface area contributed by atoms with E-state index in [1.807, 2.05) is 6.92 Å². The van der Waals surface area contributed by atoms with Crippen molar-refractivity contribution in [3.63, 3.8) is 0 Å². The minimum Gasteiger partial charge on any atom is -0.439 e. The molecule has 0 spiro atoms. The van der Waals surface area contributed by atoms with Crippen LogP contribution >= 0.6 is 0 Å². The molecule has 0 radical (unpaired) electrons. The van der Waals surface area contributed by atoms with Gasteiger partial charge in [0.2, 0.25) is 5.88 Å². The maximum absolute atomic E-state index is 14.7. The van der Waals surface area contributed by atoms with E-state index < -0.39 is 5.92 Å². The van der Waals surface area contributed by atoms with Crippen LogP contribution in [0.25, 0.3) is 0 Å². The lowest BCUT2D eigenvalue weighted by molar-refractivity contribution is 0.0153. The summed E-state index contributed by atoms with van der Waals surface area (Å²) in [5, 5.41) is 9.70. The standard InChI is InChI=1S/C31H35F2N7O2/c1-4-39-9-11-40(12-10-39)19-24-8-6-22(13-26(24)31(3,32)33)14-27(41)23-7-5-21(2)28(15-23)42-30-16-29(34-20-35-30)38-25-17-36-37-18-25/h5-8,13,15-18,20H,4,9-12,14,19H2,1-3H3,(H,36,37)(H,34,35,38). The number of ether oxygens (including phenoxy) is 1. The number of piperazine rings is 1. The van der Waals surface area contributed by atoms with Crippen molar-refractivity contribution in [2.75, 3.05) is 38.0 Å². The number of halogens is 2. The van der Waals surface area contributed by atoms with Gasteiger partial charge < -0.3 is 15.0 Å². The molecule has 0 unspecified atom stereocenters. The van der Waals surface area contributed by atoms with Crippen LogP contribution in [-0.2, 0) is 18.9 Å². The number of benzene rings is 2. The summed E-state index contributed by atoms with van der Waals surface area (Å²) in [5.41, 5.74) is 3.08. The number of aryl methyl sites for hydroxylation is 1. The Balaban J connectivity index is 1.29. The summed E-state index contributed by atoms with van der Waals surface area (Å²) in [5.74, 6) is -1.94. The highest BCUT2D eigenvalue weighted by atomic mass is 19.3. The number of alkyl halides is 2. The Hall–Kier alpha value is -4.22. The van der Waals surface area contributed by atoms with Gasteiger partial charge in [-0.15, -0.1) is 0 Å². The zero-order valence-electron chi connectivity index (χ0n) is 24.0. The van der Waals surface area contributed by atoms with Crippen LogP contribution in [0.1, 0.15) is 46.5 Å². The van der Waals surface area contributed by atoms with Crippen LogP contribution in [0.5, 0.6) is 11.6 Å². The molecular weight excluding hydrogens is 540 g/mol. The predicted molar refractivity (Wildman–Crippen MR) is 157 cm³/mol. The van der Waals surface area contributed by atoms with E-state index in [2.05, 4.69) is 42.2 Å². The molecule has 0 bridgehead atoms. The number of ketones is 1. The highest BCUT2D eigenvalue weighted by Crippen LogP contribution is 2.32. The fourth-order valence-corrected chi connectivity index (χ4v) is 5.00. The van der Waals surface area contributed by atoms with Crippen molar-refractivity contribution in [2.45, 2.75) is 39.7 Å². The molecule has 2 aromatic heterocycles. The zero-order valence-corrected chi connectivity index (χ0v) is 24.0. The lowest BCUT2D eigenvalue weighted by atomic mass is 9.95. The first-order valence-electron chi connectivity index (χ1n) is 14.0. The number of aromatic nitrogens is 4. The first kappa shape index (κ1) is 29.3. The predicted octanol–water partition coefficient (Wildman–Crippen LogP) is 5.72. The highest BCUT2D eigenvalue weighted by molar-refractivity contribution is 5.98. The van der Waals surface area contributed by atoms with Crippen LogP contribution in [-0.4, -0.2) is 68.5 Å². The summed E-state index contributed by atoms with van der Waals surface area (Å²) in [6.45, 7) is 9.93. The molecule has 3 heterocycles. The number of nitrogens with one attached hydrogen (secondary N) is 2. The SMILES string of the molecule is CCN1CCN(Cc2ccc(CC(=O)c3ccc(C)c(Oc4cc(Nc5cn[nH]c5)ncn4)c3)cc2C(C)(F)F)CC1. The molecule has 1 saturated heterocycles. The van der Waals surface area contributed by atoms with E-state index in [0.29, 0.717) is 40.7 Å². The Morgan fingerprint density at radius 2 is 1.86 bits per heavy atom. The number of H-pyrrole nitrogens is 1. The van der Waals surface area contributed by atoms with Crippen molar-refractivity contribution in [1.29, 1.82) is 0 Å². The Morgan fingerprint density at radius 1 is 1.07 bits per heavy atom. The largest absolute Gasteiger partial charge is 0.439 e. The summed E-state index contributed by atoms with van der Waals surface area (Å²) < 4.78 is 35.4. The molecule has 0 saturated carbocycles. The van der Waals surface area contributed by atoms with E-state index in [9.17, 15) is 13.6 Å². The molecule has 1 aliphatic rings. The molecule has 42 heavy (non-hydrogen) atoms. The maximum atomic E-state index is 14.7. The topological polar surface area (TPSA) is 99.3 Å². The zero-order chi connectivity index (χ0) is 29.7. The number of anilines is 2. The molecule has 2 aromatic carbocycles. The van der Waals surface area contributed by atoms with Gasteiger partial charge in [0.15, 0.2) is 5.78 Å². The van der Waals surface area contributed by atoms with Gasteiger partial charge in [0.1, 0.15) is 17.9 Å². The van der Waals surface area contributed by atoms with Gasteiger partial charge >= 0.3 is 0 Å². The van der Waals surface area contributed by atoms with Crippen molar-refractivity contribution in [3.8, 4) is 11.6 Å². The van der Waals surface area contributed by atoms with Crippen LogP contribution in [0.15, 0.2) is 61.2 Å². The second-order valence-electron chi connectivity index (χ2n) is 10.6. The first-order chi connectivity index (χ1) is 20.2. The number of hydrogen-bond donors (Lipinski definition) is 2. The molecule has 2 N–H and O–H groups in total. The molecule has 5 rings (SSSR count). The third-order valence-electron chi connectivity index (χ3n) is 7.46. The van der Waals surface area contributed by atoms with E-state index in [0.717, 1.165) is 50.9 Å². The minimum atomic E-state index is -3.02. The van der Waals surface area contributed by atoms with Crippen LogP contribution in [0.2, 0.25) is 0 Å². The number of carbonyl (C=O) groups excluding carboxylic acids is 1. The lowest BCUT2D eigenvalue weighted by Crippen LogP contribution is -2.45. The molecule has 1 fully saturated rings. The van der Waals surface area contributed by atoms with Crippen LogP contribution in [0, 0.1) is 6.92 Å². The Kier molecular flexibility index (Phi) is 8.89. The molecular formula is C31H35F2N7O2. The Bertz CT molecular complexity index is 1510. The fraction of sp³-hybridized carbons (Fsp3) is 0.355. The van der Waals surface area contributed by atoms with Crippen molar-refractivity contribution in [1.82, 2.24) is 30.0 Å². The van der Waals surface area contributed by atoms with Gasteiger partial charge in [-0.3, -0.25) is 14.8 Å². The summed E-state index contributed by atoms with van der Waals surface area (Å²) in [7, 11) is 0. The first-order valence-corrected chi connectivity index (χ1v) is 14.0. The van der Waals surface area contributed by atoms with Crippen molar-refractivity contribution in [3.05, 3.63) is 89.0 Å². The van der Waals surface area contributed by atoms with Crippen molar-refractivity contribution < 1.29 is 18.3 Å². The molecule has 11 heteroatoms.